The van der Waals surface area contributed by atoms with Crippen molar-refractivity contribution in [3.63, 3.8) is 0 Å². The smallest absolute Gasteiger partial charge is 0.151 e. The van der Waals surface area contributed by atoms with E-state index >= 15 is 0 Å². The van der Waals surface area contributed by atoms with Crippen LogP contribution in [-0.2, 0) is 0 Å². The summed E-state index contributed by atoms with van der Waals surface area (Å²) in [5.74, 6) is 0. The van der Waals surface area contributed by atoms with Gasteiger partial charge in [-0.3, -0.25) is 0 Å². The molecule has 6 radical (unpaired) electrons. The zero-order valence-electron chi connectivity index (χ0n) is 5.04. The van der Waals surface area contributed by atoms with E-state index in [4.69, 9.17) is 10.2 Å². The van der Waals surface area contributed by atoms with E-state index in [-0.39, 0.29) is 16.8 Å². The Hall–Kier alpha value is 0.0499. The normalized spacial score (nSPS) is 7.50. The lowest BCUT2D eigenvalue weighted by molar-refractivity contribution is -0.0453. The average molecular weight is 112 g/mol. The zero-order chi connectivity index (χ0) is 4.99. The van der Waals surface area contributed by atoms with Crippen LogP contribution in [0.5, 0.6) is 0 Å². The molecule has 0 aliphatic carbocycles. The summed E-state index contributed by atoms with van der Waals surface area (Å²) in [4.78, 5) is 0. The van der Waals surface area contributed by atoms with Crippen molar-refractivity contribution >= 4 is 16.8 Å². The summed E-state index contributed by atoms with van der Waals surface area (Å²) in [5.41, 5.74) is 0. The van der Waals surface area contributed by atoms with E-state index in [1.165, 1.54) is 0 Å². The van der Waals surface area contributed by atoms with E-state index in [0.717, 1.165) is 6.42 Å². The van der Waals surface area contributed by atoms with Gasteiger partial charge < -0.3 is 10.2 Å². The first-order valence-electron chi connectivity index (χ1n) is 2.13. The summed E-state index contributed by atoms with van der Waals surface area (Å²) >= 11 is 0. The van der Waals surface area contributed by atoms with Crippen molar-refractivity contribution in [2.45, 2.75) is 26.1 Å². The fourth-order valence-corrected chi connectivity index (χ4v) is 0.258. The van der Waals surface area contributed by atoms with Gasteiger partial charge in [-0.2, -0.15) is 0 Å². The monoisotopic (exact) mass is 112 g/mol. The summed E-state index contributed by atoms with van der Waals surface area (Å²) in [6.45, 7) is 1.90. The number of hydrogen-bond donors (Lipinski definition) is 2. The molecule has 2 nitrogen and oxygen atoms in total. The number of hydrogen-bond acceptors (Lipinski definition) is 2. The van der Waals surface area contributed by atoms with E-state index in [2.05, 4.69) is 0 Å². The Morgan fingerprint density at radius 1 is 1.25 bits per heavy atom. The highest BCUT2D eigenvalue weighted by Crippen LogP contribution is 1.88. The van der Waals surface area contributed by atoms with Gasteiger partial charge in [0.15, 0.2) is 6.29 Å². The van der Waals surface area contributed by atoms with Crippen LogP contribution in [0.15, 0.2) is 0 Å². The first kappa shape index (κ1) is 15.7. The maximum absolute atomic E-state index is 8.11. The van der Waals surface area contributed by atoms with Gasteiger partial charge in [0.2, 0.25) is 0 Å². The highest BCUT2D eigenvalue weighted by molar-refractivity contribution is 5.76. The number of rotatable bonds is 2. The first-order chi connectivity index (χ1) is 2.77. The lowest BCUT2D eigenvalue weighted by Crippen LogP contribution is -2.01. The fourth-order valence-electron chi connectivity index (χ4n) is 0.258. The molecule has 44 valence electrons. The van der Waals surface area contributed by atoms with Gasteiger partial charge >= 0.3 is 0 Å². The molecule has 0 fully saturated rings. The Kier molecular flexibility index (Phi) is 19.8. The molecule has 0 atom stereocenters. The molecule has 0 spiro atoms. The molecule has 0 saturated heterocycles. The topological polar surface area (TPSA) is 40.5 Å². The van der Waals surface area contributed by atoms with Crippen LogP contribution in [0.4, 0.5) is 0 Å². The van der Waals surface area contributed by atoms with Crippen molar-refractivity contribution in [3.8, 4) is 0 Å². The van der Waals surface area contributed by atoms with Gasteiger partial charge in [0.1, 0.15) is 0 Å². The van der Waals surface area contributed by atoms with Crippen LogP contribution < -0.4 is 0 Å². The molecule has 0 aliphatic heterocycles. The van der Waals surface area contributed by atoms with Crippen LogP contribution in [0.1, 0.15) is 19.8 Å². The Morgan fingerprint density at radius 3 is 1.62 bits per heavy atom. The van der Waals surface area contributed by atoms with E-state index in [0.29, 0.717) is 6.42 Å². The lowest BCUT2D eigenvalue weighted by atomic mass is 10.3. The molecular formula is C4H10B2O2. The second-order valence-electron chi connectivity index (χ2n) is 1.27. The van der Waals surface area contributed by atoms with Crippen LogP contribution in [-0.4, -0.2) is 33.3 Å². The van der Waals surface area contributed by atoms with Gasteiger partial charge in [-0.05, 0) is 6.42 Å². The highest BCUT2D eigenvalue weighted by Gasteiger charge is 1.89. The summed E-state index contributed by atoms with van der Waals surface area (Å²) < 4.78 is 0. The molecule has 0 bridgehead atoms. The zero-order valence-corrected chi connectivity index (χ0v) is 5.04. The third-order valence-corrected chi connectivity index (χ3v) is 0.547. The van der Waals surface area contributed by atoms with Crippen LogP contribution in [0.2, 0.25) is 0 Å². The van der Waals surface area contributed by atoms with Crippen molar-refractivity contribution in [2.24, 2.45) is 0 Å². The molecular weight excluding hydrogens is 102 g/mol. The molecule has 0 aliphatic rings. The molecule has 0 heterocycles. The predicted molar refractivity (Wildman–Crippen MR) is 34.6 cm³/mol. The maximum atomic E-state index is 8.11. The molecule has 0 unspecified atom stereocenters. The second-order valence-corrected chi connectivity index (χ2v) is 1.27. The maximum Gasteiger partial charge on any atom is 0.151 e. The largest absolute Gasteiger partial charge is 0.368 e. The van der Waals surface area contributed by atoms with Crippen molar-refractivity contribution in [2.75, 3.05) is 0 Å². The molecule has 0 amide bonds. The van der Waals surface area contributed by atoms with Crippen molar-refractivity contribution in [3.05, 3.63) is 0 Å². The van der Waals surface area contributed by atoms with Gasteiger partial charge in [-0.1, -0.05) is 13.3 Å². The Bertz CT molecular complexity index is 33.2. The summed E-state index contributed by atoms with van der Waals surface area (Å²) in [6.07, 6.45) is 0.215. The second kappa shape index (κ2) is 10.1. The highest BCUT2D eigenvalue weighted by atomic mass is 16.5. The third kappa shape index (κ3) is 16.6. The van der Waals surface area contributed by atoms with Crippen LogP contribution in [0.25, 0.3) is 0 Å². The number of aliphatic hydroxyl groups excluding tert-OH is 1. The van der Waals surface area contributed by atoms with Gasteiger partial charge in [0.25, 0.3) is 0 Å². The van der Waals surface area contributed by atoms with Crippen LogP contribution >= 0.6 is 0 Å². The van der Waals surface area contributed by atoms with Crippen LogP contribution in [0.3, 0.4) is 0 Å². The Balaban J connectivity index is -0.000000125. The molecule has 0 aromatic heterocycles. The van der Waals surface area contributed by atoms with Crippen molar-refractivity contribution in [1.82, 2.24) is 0 Å². The molecule has 2 N–H and O–H groups in total. The van der Waals surface area contributed by atoms with Crippen molar-refractivity contribution in [1.29, 1.82) is 0 Å². The van der Waals surface area contributed by atoms with Crippen LogP contribution in [0, 0.1) is 0 Å². The molecule has 0 aromatic carbocycles. The SMILES string of the molecule is CCCC(O)O.[B].[B]. The molecule has 8 heavy (non-hydrogen) atoms. The molecule has 0 saturated carbocycles. The molecule has 4 heteroatoms. The third-order valence-electron chi connectivity index (χ3n) is 0.547. The summed E-state index contributed by atoms with van der Waals surface area (Å²) in [6, 6.07) is 0. The number of aliphatic hydroxyl groups is 2. The van der Waals surface area contributed by atoms with E-state index in [9.17, 15) is 0 Å². The molecule has 0 rings (SSSR count). The average Bonchev–Trinajstić information content (AvgIpc) is 1.35. The minimum atomic E-state index is -1.10. The van der Waals surface area contributed by atoms with E-state index in [1.807, 2.05) is 6.92 Å². The minimum Gasteiger partial charge on any atom is -0.368 e. The van der Waals surface area contributed by atoms with Gasteiger partial charge in [-0.15, -0.1) is 0 Å². The standard InChI is InChI=1S/C4H10O2.2B/c1-2-3-4(5)6;;/h4-6H,2-3H2,1H3;;. The van der Waals surface area contributed by atoms with Gasteiger partial charge in [-0.25, -0.2) is 0 Å². The predicted octanol–water partition coefficient (Wildman–Crippen LogP) is -0.664. The van der Waals surface area contributed by atoms with Crippen molar-refractivity contribution < 1.29 is 10.2 Å². The lowest BCUT2D eigenvalue weighted by Gasteiger charge is -1.94. The summed E-state index contributed by atoms with van der Waals surface area (Å²) in [7, 11) is 0. The fraction of sp³-hybridized carbons (Fsp3) is 1.00. The van der Waals surface area contributed by atoms with Gasteiger partial charge in [0.05, 0.1) is 0 Å². The minimum absolute atomic E-state index is 0. The first-order valence-corrected chi connectivity index (χ1v) is 2.13. The molecule has 0 aromatic rings. The van der Waals surface area contributed by atoms with E-state index < -0.39 is 6.29 Å². The van der Waals surface area contributed by atoms with Gasteiger partial charge in [0, 0.05) is 16.8 Å². The quantitative estimate of drug-likeness (QED) is 0.367. The Morgan fingerprint density at radius 2 is 1.62 bits per heavy atom. The Labute approximate surface area is 54.1 Å². The summed E-state index contributed by atoms with van der Waals surface area (Å²) in [5, 5.41) is 16.2. The van der Waals surface area contributed by atoms with E-state index in [1.54, 1.807) is 0 Å².